The van der Waals surface area contributed by atoms with Crippen LogP contribution in [-0.4, -0.2) is 32.1 Å². The fourth-order valence-corrected chi connectivity index (χ4v) is 2.47. The highest BCUT2D eigenvalue weighted by Gasteiger charge is 2.15. The average Bonchev–Trinajstić information content (AvgIpc) is 2.50. The average molecular weight is 275 g/mol. The number of hydrogen-bond donors (Lipinski definition) is 3. The van der Waals surface area contributed by atoms with Gasteiger partial charge in [0.25, 0.3) is 0 Å². The molecule has 0 bridgehead atoms. The molecule has 1 aliphatic rings. The van der Waals surface area contributed by atoms with E-state index in [1.54, 1.807) is 0 Å². The van der Waals surface area contributed by atoms with E-state index in [0.717, 1.165) is 39.0 Å². The van der Waals surface area contributed by atoms with Crippen molar-refractivity contribution in [1.82, 2.24) is 16.0 Å². The van der Waals surface area contributed by atoms with Crippen LogP contribution in [0.4, 0.5) is 0 Å². The Morgan fingerprint density at radius 3 is 2.50 bits per heavy atom. The van der Waals surface area contributed by atoms with Crippen molar-refractivity contribution in [3.05, 3.63) is 35.9 Å². The molecule has 1 amide bonds. The van der Waals surface area contributed by atoms with Crippen LogP contribution in [0, 0.1) is 0 Å². The molecular weight excluding hydrogens is 250 g/mol. The lowest BCUT2D eigenvalue weighted by Gasteiger charge is -2.19. The van der Waals surface area contributed by atoms with E-state index in [2.05, 4.69) is 28.1 Å². The molecule has 1 aromatic carbocycles. The molecule has 0 radical (unpaired) electrons. The predicted octanol–water partition coefficient (Wildman–Crippen LogP) is 1.60. The molecule has 4 nitrogen and oxygen atoms in total. The third-order valence-corrected chi connectivity index (χ3v) is 3.62. The Balaban J connectivity index is 1.97. The molecule has 1 saturated heterocycles. The van der Waals surface area contributed by atoms with Gasteiger partial charge in [-0.05, 0) is 44.5 Å². The van der Waals surface area contributed by atoms with Gasteiger partial charge in [-0.25, -0.2) is 0 Å². The van der Waals surface area contributed by atoms with Crippen LogP contribution in [-0.2, 0) is 4.79 Å². The van der Waals surface area contributed by atoms with Crippen molar-refractivity contribution in [2.75, 3.05) is 26.2 Å². The Morgan fingerprint density at radius 1 is 0.900 bits per heavy atom. The van der Waals surface area contributed by atoms with Crippen molar-refractivity contribution in [1.29, 1.82) is 0 Å². The number of carbonyl (C=O) groups excluding carboxylic acids is 1. The molecule has 0 saturated carbocycles. The van der Waals surface area contributed by atoms with E-state index in [9.17, 15) is 4.79 Å². The van der Waals surface area contributed by atoms with Crippen molar-refractivity contribution in [2.45, 2.75) is 31.7 Å². The second-order valence-corrected chi connectivity index (χ2v) is 5.28. The molecule has 0 aliphatic carbocycles. The number of amides is 1. The zero-order chi connectivity index (χ0) is 14.0. The second-order valence-electron chi connectivity index (χ2n) is 5.28. The van der Waals surface area contributed by atoms with Gasteiger partial charge >= 0.3 is 0 Å². The Labute approximate surface area is 121 Å². The van der Waals surface area contributed by atoms with Gasteiger partial charge in [0.2, 0.25) is 5.91 Å². The molecule has 110 valence electrons. The molecule has 4 heteroatoms. The van der Waals surface area contributed by atoms with Crippen molar-refractivity contribution >= 4 is 5.91 Å². The highest BCUT2D eigenvalue weighted by atomic mass is 16.1. The first-order valence-corrected chi connectivity index (χ1v) is 7.62. The maximum atomic E-state index is 12.0. The molecule has 1 atom stereocenters. The molecular formula is C16H25N3O. The molecule has 1 aliphatic heterocycles. The summed E-state index contributed by atoms with van der Waals surface area (Å²) in [5.41, 5.74) is 1.19. The molecule has 2 rings (SSSR count). The minimum absolute atomic E-state index is 0.116. The normalized spacial score (nSPS) is 23.0. The lowest BCUT2D eigenvalue weighted by molar-refractivity contribution is -0.121. The third kappa shape index (κ3) is 5.31. The number of carbonyl (C=O) groups is 1. The molecule has 3 N–H and O–H groups in total. The summed E-state index contributed by atoms with van der Waals surface area (Å²) < 4.78 is 0. The highest BCUT2D eigenvalue weighted by Crippen LogP contribution is 2.16. The van der Waals surface area contributed by atoms with Crippen molar-refractivity contribution in [3.8, 4) is 0 Å². The van der Waals surface area contributed by atoms with E-state index in [1.807, 2.05) is 18.2 Å². The Kier molecular flexibility index (Phi) is 6.54. The molecule has 0 unspecified atom stereocenters. The van der Waals surface area contributed by atoms with Gasteiger partial charge in [0.15, 0.2) is 0 Å². The van der Waals surface area contributed by atoms with E-state index >= 15 is 0 Å². The monoisotopic (exact) mass is 275 g/mol. The number of rotatable bonds is 1. The fourth-order valence-electron chi connectivity index (χ4n) is 2.47. The number of benzene rings is 1. The SMILES string of the molecule is O=C1C[C@@H](c2ccccc2)NCCCCNCCCN1. The molecule has 20 heavy (non-hydrogen) atoms. The zero-order valence-corrected chi connectivity index (χ0v) is 12.0. The predicted molar refractivity (Wildman–Crippen MR) is 81.5 cm³/mol. The van der Waals surface area contributed by atoms with Crippen LogP contribution < -0.4 is 16.0 Å². The second kappa shape index (κ2) is 8.72. The lowest BCUT2D eigenvalue weighted by Crippen LogP contribution is -2.31. The summed E-state index contributed by atoms with van der Waals surface area (Å²) in [6.45, 7) is 3.75. The van der Waals surface area contributed by atoms with Crippen LogP contribution in [0.25, 0.3) is 0 Å². The highest BCUT2D eigenvalue weighted by molar-refractivity contribution is 5.76. The summed E-state index contributed by atoms with van der Waals surface area (Å²) in [5.74, 6) is 0.130. The van der Waals surface area contributed by atoms with Crippen molar-refractivity contribution in [3.63, 3.8) is 0 Å². The van der Waals surface area contributed by atoms with Crippen LogP contribution in [0.15, 0.2) is 30.3 Å². The Bertz CT molecular complexity index is 394. The van der Waals surface area contributed by atoms with Gasteiger partial charge in [-0.3, -0.25) is 4.79 Å². The first kappa shape index (κ1) is 15.0. The smallest absolute Gasteiger partial charge is 0.221 e. The lowest BCUT2D eigenvalue weighted by atomic mass is 10.0. The van der Waals surface area contributed by atoms with E-state index in [4.69, 9.17) is 0 Å². The Morgan fingerprint density at radius 2 is 1.65 bits per heavy atom. The van der Waals surface area contributed by atoms with Crippen molar-refractivity contribution in [2.24, 2.45) is 0 Å². The first-order valence-electron chi connectivity index (χ1n) is 7.62. The van der Waals surface area contributed by atoms with Gasteiger partial charge in [0.1, 0.15) is 0 Å². The zero-order valence-electron chi connectivity index (χ0n) is 12.0. The molecule has 0 spiro atoms. The van der Waals surface area contributed by atoms with Gasteiger partial charge in [-0.1, -0.05) is 30.3 Å². The molecule has 1 aromatic rings. The minimum atomic E-state index is 0.116. The Hall–Kier alpha value is -1.39. The number of hydrogen-bond acceptors (Lipinski definition) is 3. The van der Waals surface area contributed by atoms with E-state index in [-0.39, 0.29) is 11.9 Å². The van der Waals surface area contributed by atoms with Gasteiger partial charge in [-0.15, -0.1) is 0 Å². The first-order chi connectivity index (χ1) is 9.86. The van der Waals surface area contributed by atoms with E-state index < -0.39 is 0 Å². The third-order valence-electron chi connectivity index (χ3n) is 3.62. The van der Waals surface area contributed by atoms with Gasteiger partial charge < -0.3 is 16.0 Å². The summed E-state index contributed by atoms with van der Waals surface area (Å²) >= 11 is 0. The van der Waals surface area contributed by atoms with Gasteiger partial charge in [0, 0.05) is 19.0 Å². The molecule has 0 aromatic heterocycles. The summed E-state index contributed by atoms with van der Waals surface area (Å²) in [7, 11) is 0. The summed E-state index contributed by atoms with van der Waals surface area (Å²) in [5, 5.41) is 9.92. The van der Waals surface area contributed by atoms with E-state index in [0.29, 0.717) is 6.42 Å². The minimum Gasteiger partial charge on any atom is -0.356 e. The van der Waals surface area contributed by atoms with E-state index in [1.165, 1.54) is 12.0 Å². The maximum Gasteiger partial charge on any atom is 0.221 e. The fraction of sp³-hybridized carbons (Fsp3) is 0.562. The maximum absolute atomic E-state index is 12.0. The van der Waals surface area contributed by atoms with Gasteiger partial charge in [-0.2, -0.15) is 0 Å². The largest absolute Gasteiger partial charge is 0.356 e. The summed E-state index contributed by atoms with van der Waals surface area (Å²) in [6, 6.07) is 10.4. The van der Waals surface area contributed by atoms with Crippen LogP contribution >= 0.6 is 0 Å². The topological polar surface area (TPSA) is 53.2 Å². The van der Waals surface area contributed by atoms with Crippen LogP contribution in [0.2, 0.25) is 0 Å². The van der Waals surface area contributed by atoms with Crippen molar-refractivity contribution < 1.29 is 4.79 Å². The summed E-state index contributed by atoms with van der Waals surface area (Å²) in [6.07, 6.45) is 3.82. The standard InChI is InChI=1S/C16H25N3O/c20-16-13-15(14-7-2-1-3-8-14)18-11-5-4-9-17-10-6-12-19-16/h1-3,7-8,15,17-18H,4-6,9-13H2,(H,19,20)/t15-/m0/s1. The molecule has 1 heterocycles. The van der Waals surface area contributed by atoms with Crippen LogP contribution in [0.3, 0.4) is 0 Å². The number of nitrogens with one attached hydrogen (secondary N) is 3. The quantitative estimate of drug-likeness (QED) is 0.729. The molecule has 1 fully saturated rings. The van der Waals surface area contributed by atoms with Gasteiger partial charge in [0.05, 0.1) is 0 Å². The van der Waals surface area contributed by atoms with Crippen LogP contribution in [0.5, 0.6) is 0 Å². The summed E-state index contributed by atoms with van der Waals surface area (Å²) in [4.78, 5) is 12.0. The van der Waals surface area contributed by atoms with Crippen LogP contribution in [0.1, 0.15) is 37.3 Å².